The van der Waals surface area contributed by atoms with Crippen molar-refractivity contribution in [3.8, 4) is 23.3 Å². The third-order valence-corrected chi connectivity index (χ3v) is 3.68. The van der Waals surface area contributed by atoms with Gasteiger partial charge in [0.2, 0.25) is 0 Å². The molecule has 0 atom stereocenters. The van der Waals surface area contributed by atoms with Crippen molar-refractivity contribution >= 4 is 11.8 Å². The zero-order valence-electron chi connectivity index (χ0n) is 12.1. The number of nitriles is 1. The summed E-state index contributed by atoms with van der Waals surface area (Å²) in [6, 6.07) is 15.3. The SMILES string of the molecule is CCOc1cccc(Oc2cccc(SCC)c2C#N)c1. The Morgan fingerprint density at radius 2 is 1.86 bits per heavy atom. The minimum atomic E-state index is 0.574. The van der Waals surface area contributed by atoms with E-state index < -0.39 is 0 Å². The van der Waals surface area contributed by atoms with Crippen molar-refractivity contribution in [1.82, 2.24) is 0 Å². The smallest absolute Gasteiger partial charge is 0.146 e. The summed E-state index contributed by atoms with van der Waals surface area (Å²) in [4.78, 5) is 0.943. The molecule has 0 saturated carbocycles. The highest BCUT2D eigenvalue weighted by molar-refractivity contribution is 7.99. The van der Waals surface area contributed by atoms with Crippen LogP contribution in [0.4, 0.5) is 0 Å². The van der Waals surface area contributed by atoms with E-state index in [0.29, 0.717) is 23.7 Å². The zero-order valence-corrected chi connectivity index (χ0v) is 12.9. The number of hydrogen-bond donors (Lipinski definition) is 0. The van der Waals surface area contributed by atoms with E-state index in [1.54, 1.807) is 11.8 Å². The number of rotatable bonds is 6. The van der Waals surface area contributed by atoms with Gasteiger partial charge in [-0.25, -0.2) is 0 Å². The number of thioether (sulfide) groups is 1. The van der Waals surface area contributed by atoms with E-state index >= 15 is 0 Å². The van der Waals surface area contributed by atoms with Crippen LogP contribution in [0.15, 0.2) is 47.4 Å². The molecule has 4 heteroatoms. The van der Waals surface area contributed by atoms with E-state index in [9.17, 15) is 5.26 Å². The van der Waals surface area contributed by atoms with E-state index in [1.165, 1.54) is 0 Å². The van der Waals surface area contributed by atoms with Crippen LogP contribution in [0.1, 0.15) is 19.4 Å². The van der Waals surface area contributed by atoms with Gasteiger partial charge in [0.05, 0.1) is 6.61 Å². The van der Waals surface area contributed by atoms with Crippen LogP contribution in [0.3, 0.4) is 0 Å². The largest absolute Gasteiger partial charge is 0.494 e. The molecular formula is C17H17NO2S. The van der Waals surface area contributed by atoms with Crippen LogP contribution < -0.4 is 9.47 Å². The van der Waals surface area contributed by atoms with Gasteiger partial charge in [0.1, 0.15) is 28.9 Å². The molecule has 108 valence electrons. The van der Waals surface area contributed by atoms with Gasteiger partial charge >= 0.3 is 0 Å². The number of benzene rings is 2. The molecule has 0 amide bonds. The Morgan fingerprint density at radius 3 is 2.57 bits per heavy atom. The van der Waals surface area contributed by atoms with Crippen LogP contribution in [0.5, 0.6) is 17.2 Å². The van der Waals surface area contributed by atoms with Gasteiger partial charge in [0.25, 0.3) is 0 Å². The molecule has 0 radical (unpaired) electrons. The highest BCUT2D eigenvalue weighted by Gasteiger charge is 2.10. The second-order valence-electron chi connectivity index (χ2n) is 4.18. The average molecular weight is 299 g/mol. The summed E-state index contributed by atoms with van der Waals surface area (Å²) >= 11 is 1.64. The van der Waals surface area contributed by atoms with E-state index in [0.717, 1.165) is 16.4 Å². The second-order valence-corrected chi connectivity index (χ2v) is 5.49. The quantitative estimate of drug-likeness (QED) is 0.714. The topological polar surface area (TPSA) is 42.2 Å². The highest BCUT2D eigenvalue weighted by Crippen LogP contribution is 2.33. The van der Waals surface area contributed by atoms with Crippen molar-refractivity contribution in [2.75, 3.05) is 12.4 Å². The number of hydrogen-bond acceptors (Lipinski definition) is 4. The lowest BCUT2D eigenvalue weighted by molar-refractivity contribution is 0.338. The lowest BCUT2D eigenvalue weighted by atomic mass is 10.2. The Hall–Kier alpha value is -2.12. The van der Waals surface area contributed by atoms with Gasteiger partial charge in [-0.3, -0.25) is 0 Å². The van der Waals surface area contributed by atoms with Crippen LogP contribution in [0.2, 0.25) is 0 Å². The van der Waals surface area contributed by atoms with Crippen LogP contribution in [0.25, 0.3) is 0 Å². The third kappa shape index (κ3) is 3.93. The van der Waals surface area contributed by atoms with E-state index in [4.69, 9.17) is 9.47 Å². The van der Waals surface area contributed by atoms with E-state index in [2.05, 4.69) is 13.0 Å². The van der Waals surface area contributed by atoms with Crippen molar-refractivity contribution < 1.29 is 9.47 Å². The molecular weight excluding hydrogens is 282 g/mol. The molecule has 0 fully saturated rings. The molecule has 2 aromatic carbocycles. The fraction of sp³-hybridized carbons (Fsp3) is 0.235. The summed E-state index contributed by atoms with van der Waals surface area (Å²) in [7, 11) is 0. The Bertz CT molecular complexity index is 649. The molecule has 0 spiro atoms. The molecule has 0 aliphatic rings. The minimum Gasteiger partial charge on any atom is -0.494 e. The Balaban J connectivity index is 2.29. The molecule has 21 heavy (non-hydrogen) atoms. The molecule has 0 aliphatic heterocycles. The summed E-state index contributed by atoms with van der Waals surface area (Å²) in [5.41, 5.74) is 0.575. The molecule has 0 saturated heterocycles. The van der Waals surface area contributed by atoms with Gasteiger partial charge in [0, 0.05) is 11.0 Å². The molecule has 0 aromatic heterocycles. The fourth-order valence-electron chi connectivity index (χ4n) is 1.90. The molecule has 2 aromatic rings. The van der Waals surface area contributed by atoms with Gasteiger partial charge in [-0.05, 0) is 36.9 Å². The van der Waals surface area contributed by atoms with Crippen molar-refractivity contribution in [1.29, 1.82) is 5.26 Å². The van der Waals surface area contributed by atoms with Gasteiger partial charge in [-0.1, -0.05) is 19.1 Å². The molecule has 2 rings (SSSR count). The monoisotopic (exact) mass is 299 g/mol. The highest BCUT2D eigenvalue weighted by atomic mass is 32.2. The number of nitrogens with zero attached hydrogens (tertiary/aromatic N) is 1. The average Bonchev–Trinajstić information content (AvgIpc) is 2.49. The molecule has 0 unspecified atom stereocenters. The van der Waals surface area contributed by atoms with Crippen LogP contribution in [0, 0.1) is 11.3 Å². The van der Waals surface area contributed by atoms with Crippen LogP contribution in [-0.2, 0) is 0 Å². The standard InChI is InChI=1S/C17H17NO2S/c1-3-19-13-7-5-8-14(11-13)20-16-9-6-10-17(21-4-2)15(16)12-18/h5-11H,3-4H2,1-2H3. The maximum atomic E-state index is 9.37. The molecule has 0 bridgehead atoms. The first-order valence-corrected chi connectivity index (χ1v) is 7.83. The first-order valence-electron chi connectivity index (χ1n) is 6.85. The van der Waals surface area contributed by atoms with Gasteiger partial charge in [0.15, 0.2) is 0 Å². The van der Waals surface area contributed by atoms with Gasteiger partial charge in [-0.2, -0.15) is 5.26 Å². The van der Waals surface area contributed by atoms with Gasteiger partial charge in [-0.15, -0.1) is 11.8 Å². The number of ether oxygens (including phenoxy) is 2. The van der Waals surface area contributed by atoms with E-state index in [-0.39, 0.29) is 0 Å². The van der Waals surface area contributed by atoms with Crippen LogP contribution in [-0.4, -0.2) is 12.4 Å². The Labute approximate surface area is 129 Å². The van der Waals surface area contributed by atoms with Crippen molar-refractivity contribution in [3.05, 3.63) is 48.0 Å². The summed E-state index contributed by atoms with van der Waals surface area (Å²) in [6.07, 6.45) is 0. The van der Waals surface area contributed by atoms with Gasteiger partial charge < -0.3 is 9.47 Å². The maximum absolute atomic E-state index is 9.37. The summed E-state index contributed by atoms with van der Waals surface area (Å²) in [6.45, 7) is 4.60. The fourth-order valence-corrected chi connectivity index (χ4v) is 2.68. The summed E-state index contributed by atoms with van der Waals surface area (Å²) in [5, 5.41) is 9.37. The molecule has 0 N–H and O–H groups in total. The maximum Gasteiger partial charge on any atom is 0.146 e. The Morgan fingerprint density at radius 1 is 1.10 bits per heavy atom. The first-order chi connectivity index (χ1) is 10.3. The minimum absolute atomic E-state index is 0.574. The predicted molar refractivity (Wildman–Crippen MR) is 85.2 cm³/mol. The zero-order chi connectivity index (χ0) is 15.1. The van der Waals surface area contributed by atoms with Crippen molar-refractivity contribution in [3.63, 3.8) is 0 Å². The normalized spacial score (nSPS) is 9.95. The van der Waals surface area contributed by atoms with Crippen molar-refractivity contribution in [2.24, 2.45) is 0 Å². The Kier molecular flexibility index (Phi) is 5.53. The lowest BCUT2D eigenvalue weighted by Gasteiger charge is -2.11. The summed E-state index contributed by atoms with van der Waals surface area (Å²) in [5.74, 6) is 2.91. The first kappa shape index (κ1) is 15.3. The molecule has 0 aliphatic carbocycles. The molecule has 0 heterocycles. The van der Waals surface area contributed by atoms with E-state index in [1.807, 2.05) is 49.4 Å². The third-order valence-electron chi connectivity index (χ3n) is 2.74. The second kappa shape index (κ2) is 7.61. The van der Waals surface area contributed by atoms with Crippen molar-refractivity contribution in [2.45, 2.75) is 18.7 Å². The predicted octanol–water partition coefficient (Wildman–Crippen LogP) is 4.86. The van der Waals surface area contributed by atoms with Crippen LogP contribution >= 0.6 is 11.8 Å². The lowest BCUT2D eigenvalue weighted by Crippen LogP contribution is -1.93. The summed E-state index contributed by atoms with van der Waals surface area (Å²) < 4.78 is 11.3. The molecule has 3 nitrogen and oxygen atoms in total.